The van der Waals surface area contributed by atoms with E-state index in [2.05, 4.69) is 11.3 Å². The lowest BCUT2D eigenvalue weighted by atomic mass is 9.98. The van der Waals surface area contributed by atoms with Crippen LogP contribution in [0.5, 0.6) is 0 Å². The van der Waals surface area contributed by atoms with Gasteiger partial charge in [-0.3, -0.25) is 0 Å². The highest BCUT2D eigenvalue weighted by Crippen LogP contribution is 2.58. The molecule has 0 heterocycles. The van der Waals surface area contributed by atoms with E-state index < -0.39 is 47.8 Å². The van der Waals surface area contributed by atoms with Gasteiger partial charge < -0.3 is 4.74 Å². The summed E-state index contributed by atoms with van der Waals surface area (Å²) in [7, 11) is 0. The first kappa shape index (κ1) is 22.4. The lowest BCUT2D eigenvalue weighted by molar-refractivity contribution is -0.443. The maximum absolute atomic E-state index is 13.0. The average Bonchev–Trinajstić information content (AvgIpc) is 2.36. The Hall–Kier alpha value is -1.63. The Morgan fingerprint density at radius 3 is 1.50 bits per heavy atom. The second-order valence-electron chi connectivity index (χ2n) is 4.33. The van der Waals surface area contributed by atoms with E-state index in [1.807, 2.05) is 0 Å². The Kier molecular flexibility index (Phi) is 5.61. The minimum Gasteiger partial charge on any atom is -0.393 e. The van der Waals surface area contributed by atoms with Gasteiger partial charge >= 0.3 is 42.2 Å². The SMILES string of the molecule is C=C(C)C(=O)OC(F)(F)C(F)(F)C(F)(F)C(F)(F)C(F)(F)C(F)F. The molecule has 0 aliphatic carbocycles. The van der Waals surface area contributed by atoms with Crippen molar-refractivity contribution in [2.45, 2.75) is 43.1 Å². The van der Waals surface area contributed by atoms with Crippen molar-refractivity contribution in [3.63, 3.8) is 0 Å². The number of hydrogen-bond acceptors (Lipinski definition) is 2. The molecule has 0 aliphatic rings. The number of carbonyl (C=O) groups excluding carboxylic acids is 1. The average molecular weight is 386 g/mol. The van der Waals surface area contributed by atoms with E-state index in [0.717, 1.165) is 0 Å². The summed E-state index contributed by atoms with van der Waals surface area (Å²) >= 11 is 0. The highest BCUT2D eigenvalue weighted by Gasteiger charge is 2.89. The third-order valence-corrected chi connectivity index (χ3v) is 2.42. The largest absolute Gasteiger partial charge is 0.473 e. The van der Waals surface area contributed by atoms with Gasteiger partial charge in [-0.05, 0) is 6.92 Å². The van der Waals surface area contributed by atoms with E-state index >= 15 is 0 Å². The van der Waals surface area contributed by atoms with Crippen molar-refractivity contribution in [3.8, 4) is 0 Å². The standard InChI is InChI=1S/C10H6F12O2/c1-3(2)4(23)24-10(21,22)9(19,20)8(17,18)7(15,16)6(13,14)5(11)12/h5H,1H2,2H3. The molecule has 0 fully saturated rings. The molecule has 0 saturated carbocycles. The first-order chi connectivity index (χ1) is 10.3. The van der Waals surface area contributed by atoms with Gasteiger partial charge in [-0.15, -0.1) is 0 Å². The summed E-state index contributed by atoms with van der Waals surface area (Å²) in [6.07, 6.45) is -12.4. The molecular formula is C10H6F12O2. The van der Waals surface area contributed by atoms with Crippen LogP contribution in [0.2, 0.25) is 0 Å². The molecule has 0 rings (SSSR count). The number of rotatable bonds is 7. The molecule has 14 heteroatoms. The van der Waals surface area contributed by atoms with Crippen molar-refractivity contribution in [2.24, 2.45) is 0 Å². The Bertz CT molecular complexity index is 510. The van der Waals surface area contributed by atoms with Gasteiger partial charge in [-0.1, -0.05) is 6.58 Å². The third-order valence-electron chi connectivity index (χ3n) is 2.42. The molecule has 0 amide bonds. The van der Waals surface area contributed by atoms with E-state index in [1.54, 1.807) is 0 Å². The Balaban J connectivity index is 6.07. The summed E-state index contributed by atoms with van der Waals surface area (Å²) in [4.78, 5) is 10.7. The summed E-state index contributed by atoms with van der Waals surface area (Å²) < 4.78 is 154. The Morgan fingerprint density at radius 1 is 0.833 bits per heavy atom. The van der Waals surface area contributed by atoms with E-state index in [0.29, 0.717) is 6.92 Å². The van der Waals surface area contributed by atoms with Crippen LogP contribution in [-0.2, 0) is 9.53 Å². The van der Waals surface area contributed by atoms with Crippen LogP contribution in [0.15, 0.2) is 12.2 Å². The van der Waals surface area contributed by atoms with Crippen molar-refractivity contribution >= 4 is 5.97 Å². The number of ether oxygens (including phenoxy) is 1. The highest BCUT2D eigenvalue weighted by atomic mass is 19.4. The molecule has 0 unspecified atom stereocenters. The predicted molar refractivity (Wildman–Crippen MR) is 51.6 cm³/mol. The monoisotopic (exact) mass is 386 g/mol. The second kappa shape index (κ2) is 6.02. The fourth-order valence-electron chi connectivity index (χ4n) is 0.994. The quantitative estimate of drug-likeness (QED) is 0.366. The summed E-state index contributed by atoms with van der Waals surface area (Å²) in [5.41, 5.74) is -1.07. The van der Waals surface area contributed by atoms with Crippen molar-refractivity contribution in [1.29, 1.82) is 0 Å². The maximum atomic E-state index is 13.0. The van der Waals surface area contributed by atoms with E-state index in [-0.39, 0.29) is 0 Å². The first-order valence-corrected chi connectivity index (χ1v) is 5.33. The van der Waals surface area contributed by atoms with Crippen LogP contribution in [0, 0.1) is 0 Å². The van der Waals surface area contributed by atoms with Crippen LogP contribution in [0.3, 0.4) is 0 Å². The Labute approximate surface area is 125 Å². The second-order valence-corrected chi connectivity index (χ2v) is 4.33. The molecule has 2 nitrogen and oxygen atoms in total. The van der Waals surface area contributed by atoms with Crippen LogP contribution >= 0.6 is 0 Å². The number of esters is 1. The van der Waals surface area contributed by atoms with Crippen LogP contribution < -0.4 is 0 Å². The van der Waals surface area contributed by atoms with Crippen LogP contribution in [0.25, 0.3) is 0 Å². The molecule has 0 aromatic carbocycles. The molecule has 0 atom stereocenters. The number of halogens is 12. The summed E-state index contributed by atoms with van der Waals surface area (Å²) in [6.45, 7) is 3.15. The highest BCUT2D eigenvalue weighted by molar-refractivity contribution is 5.87. The topological polar surface area (TPSA) is 26.3 Å². The predicted octanol–water partition coefficient (Wildman–Crippen LogP) is 4.50. The van der Waals surface area contributed by atoms with Gasteiger partial charge in [-0.2, -0.15) is 43.9 Å². The zero-order valence-corrected chi connectivity index (χ0v) is 11.1. The van der Waals surface area contributed by atoms with E-state index in [4.69, 9.17) is 0 Å². The van der Waals surface area contributed by atoms with Crippen molar-refractivity contribution < 1.29 is 62.2 Å². The zero-order chi connectivity index (χ0) is 19.9. The normalized spacial score (nSPS) is 14.8. The summed E-state index contributed by atoms with van der Waals surface area (Å²) in [5, 5.41) is 0. The first-order valence-electron chi connectivity index (χ1n) is 5.33. The molecule has 0 aromatic heterocycles. The van der Waals surface area contributed by atoms with Gasteiger partial charge in [0.25, 0.3) is 0 Å². The molecule has 0 bridgehead atoms. The lowest BCUT2D eigenvalue weighted by Gasteiger charge is -2.38. The molecule has 142 valence electrons. The van der Waals surface area contributed by atoms with Crippen LogP contribution in [0.4, 0.5) is 52.7 Å². The minimum atomic E-state index is -7.74. The molecule has 0 N–H and O–H groups in total. The van der Waals surface area contributed by atoms with Gasteiger partial charge in [-0.25, -0.2) is 13.6 Å². The van der Waals surface area contributed by atoms with Gasteiger partial charge in [0.2, 0.25) is 0 Å². The fraction of sp³-hybridized carbons (Fsp3) is 0.700. The molecule has 0 saturated heterocycles. The van der Waals surface area contributed by atoms with Crippen molar-refractivity contribution in [3.05, 3.63) is 12.2 Å². The smallest absolute Gasteiger partial charge is 0.393 e. The van der Waals surface area contributed by atoms with Gasteiger partial charge in [0, 0.05) is 5.57 Å². The molecule has 0 aromatic rings. The van der Waals surface area contributed by atoms with Crippen molar-refractivity contribution in [2.75, 3.05) is 0 Å². The minimum absolute atomic E-state index is 0.564. The molecule has 0 spiro atoms. The third kappa shape index (κ3) is 3.14. The number of alkyl halides is 12. The summed E-state index contributed by atoms with van der Waals surface area (Å²) in [5.74, 6) is -32.4. The zero-order valence-electron chi connectivity index (χ0n) is 11.1. The molecule has 0 aliphatic heterocycles. The maximum Gasteiger partial charge on any atom is 0.473 e. The van der Waals surface area contributed by atoms with E-state index in [1.165, 1.54) is 0 Å². The number of hydrogen-bond donors (Lipinski definition) is 0. The Morgan fingerprint density at radius 2 is 1.21 bits per heavy atom. The van der Waals surface area contributed by atoms with Crippen molar-refractivity contribution in [1.82, 2.24) is 0 Å². The molecule has 24 heavy (non-hydrogen) atoms. The van der Waals surface area contributed by atoms with Crippen LogP contribution in [0.1, 0.15) is 6.92 Å². The van der Waals surface area contributed by atoms with Gasteiger partial charge in [0.05, 0.1) is 0 Å². The van der Waals surface area contributed by atoms with Crippen LogP contribution in [-0.4, -0.2) is 42.2 Å². The molecular weight excluding hydrogens is 380 g/mol. The van der Waals surface area contributed by atoms with Gasteiger partial charge in [0.15, 0.2) is 0 Å². The number of carbonyl (C=O) groups is 1. The molecule has 0 radical (unpaired) electrons. The summed E-state index contributed by atoms with van der Waals surface area (Å²) in [6, 6.07) is 0. The van der Waals surface area contributed by atoms with Gasteiger partial charge in [0.1, 0.15) is 0 Å². The van der Waals surface area contributed by atoms with E-state index in [9.17, 15) is 57.5 Å². The lowest BCUT2D eigenvalue weighted by Crippen LogP contribution is -2.69. The fourth-order valence-corrected chi connectivity index (χ4v) is 0.994.